The number of imidazole rings is 1. The van der Waals surface area contributed by atoms with Gasteiger partial charge in [0.1, 0.15) is 0 Å². The van der Waals surface area contributed by atoms with Gasteiger partial charge in [-0.2, -0.15) is 17.5 Å². The number of alkyl halides is 3. The van der Waals surface area contributed by atoms with Gasteiger partial charge in [0.15, 0.2) is 0 Å². The van der Waals surface area contributed by atoms with Crippen LogP contribution in [-0.4, -0.2) is 41.1 Å². The molecule has 1 unspecified atom stereocenters. The zero-order valence-electron chi connectivity index (χ0n) is 15.0. The molecular formula is C16H19BrF3N3O3S. The molecule has 0 aliphatic carbocycles. The number of benzene rings is 1. The largest absolute Gasteiger partial charge is 0.395 e. The summed E-state index contributed by atoms with van der Waals surface area (Å²) in [6.07, 6.45) is -4.49. The Kier molecular flexibility index (Phi) is 4.80. The van der Waals surface area contributed by atoms with Crippen molar-refractivity contribution in [1.29, 1.82) is 0 Å². The number of aromatic nitrogens is 2. The van der Waals surface area contributed by atoms with Crippen molar-refractivity contribution < 1.29 is 21.6 Å². The van der Waals surface area contributed by atoms with E-state index in [-0.39, 0.29) is 34.4 Å². The molecule has 27 heavy (non-hydrogen) atoms. The van der Waals surface area contributed by atoms with Crippen LogP contribution in [0.2, 0.25) is 0 Å². The number of piperidine rings is 1. The Morgan fingerprint density at radius 2 is 1.70 bits per heavy atom. The van der Waals surface area contributed by atoms with Crippen molar-refractivity contribution in [2.24, 2.45) is 19.5 Å². The highest BCUT2D eigenvalue weighted by Crippen LogP contribution is 2.45. The average molecular weight is 470 g/mol. The zero-order valence-corrected chi connectivity index (χ0v) is 17.4. The van der Waals surface area contributed by atoms with Gasteiger partial charge in [0.05, 0.1) is 21.3 Å². The maximum absolute atomic E-state index is 13.4. The molecule has 1 aliphatic rings. The van der Waals surface area contributed by atoms with E-state index in [1.807, 2.05) is 0 Å². The second kappa shape index (κ2) is 6.35. The van der Waals surface area contributed by atoms with Crippen molar-refractivity contribution in [1.82, 2.24) is 13.4 Å². The van der Waals surface area contributed by atoms with E-state index in [1.54, 1.807) is 7.05 Å². The number of fused-ring (bicyclic) bond motifs is 1. The van der Waals surface area contributed by atoms with Gasteiger partial charge < -0.3 is 0 Å². The van der Waals surface area contributed by atoms with Crippen LogP contribution in [0.25, 0.3) is 11.0 Å². The fourth-order valence-corrected chi connectivity index (χ4v) is 6.08. The van der Waals surface area contributed by atoms with E-state index in [0.29, 0.717) is 11.0 Å². The number of aryl methyl sites for hydroxylation is 2. The van der Waals surface area contributed by atoms with Crippen LogP contribution in [0, 0.1) is 5.41 Å². The molecule has 1 atom stereocenters. The molecule has 0 N–H and O–H groups in total. The van der Waals surface area contributed by atoms with Crippen molar-refractivity contribution in [3.63, 3.8) is 0 Å². The van der Waals surface area contributed by atoms with Crippen molar-refractivity contribution in [3.8, 4) is 0 Å². The second-order valence-corrected chi connectivity index (χ2v) is 9.93. The van der Waals surface area contributed by atoms with Gasteiger partial charge in [0.25, 0.3) is 0 Å². The van der Waals surface area contributed by atoms with Crippen LogP contribution in [-0.2, 0) is 24.1 Å². The maximum atomic E-state index is 13.4. The van der Waals surface area contributed by atoms with Gasteiger partial charge in [-0.3, -0.25) is 9.13 Å². The van der Waals surface area contributed by atoms with Gasteiger partial charge in [-0.1, -0.05) is 0 Å². The SMILES string of the molecule is Cn1c(=O)n(C)c2cc(S(=O)(=O)N3CCCC(C)(C(F)(F)F)C3)c(Br)cc21. The molecule has 150 valence electrons. The van der Waals surface area contributed by atoms with Crippen LogP contribution in [0.15, 0.2) is 26.3 Å². The first-order valence-corrected chi connectivity index (χ1v) is 10.4. The first-order valence-electron chi connectivity index (χ1n) is 8.21. The zero-order chi connectivity index (χ0) is 20.4. The number of hydrogen-bond donors (Lipinski definition) is 0. The van der Waals surface area contributed by atoms with Gasteiger partial charge in [0, 0.05) is 31.7 Å². The molecule has 0 amide bonds. The van der Waals surface area contributed by atoms with Crippen molar-refractivity contribution in [2.75, 3.05) is 13.1 Å². The number of halogens is 4. The molecule has 0 saturated carbocycles. The summed E-state index contributed by atoms with van der Waals surface area (Å²) in [7, 11) is -1.10. The predicted octanol–water partition coefficient (Wildman–Crippen LogP) is 2.99. The summed E-state index contributed by atoms with van der Waals surface area (Å²) >= 11 is 3.20. The summed E-state index contributed by atoms with van der Waals surface area (Å²) in [5.74, 6) is 0. The minimum Gasteiger partial charge on any atom is -0.295 e. The molecule has 1 saturated heterocycles. The molecule has 2 heterocycles. The van der Waals surface area contributed by atoms with E-state index < -0.39 is 28.2 Å². The number of nitrogens with zero attached hydrogens (tertiary/aromatic N) is 3. The smallest absolute Gasteiger partial charge is 0.295 e. The second-order valence-electron chi connectivity index (χ2n) is 7.17. The third kappa shape index (κ3) is 3.13. The molecule has 0 radical (unpaired) electrons. The van der Waals surface area contributed by atoms with Crippen molar-refractivity contribution >= 4 is 37.0 Å². The lowest BCUT2D eigenvalue weighted by molar-refractivity contribution is -0.227. The standard InChI is InChI=1S/C16H19BrF3N3O3S/c1-15(16(18,19)20)5-4-6-23(9-15)27(25,26)13-8-12-11(7-10(13)17)21(2)14(24)22(12)3/h7-8H,4-6,9H2,1-3H3. The normalized spacial score (nSPS) is 22.5. The highest BCUT2D eigenvalue weighted by atomic mass is 79.9. The Bertz CT molecular complexity index is 1070. The Morgan fingerprint density at radius 1 is 1.15 bits per heavy atom. The molecule has 1 fully saturated rings. The number of sulfonamides is 1. The predicted molar refractivity (Wildman–Crippen MR) is 98.0 cm³/mol. The highest BCUT2D eigenvalue weighted by Gasteiger charge is 2.54. The summed E-state index contributed by atoms with van der Waals surface area (Å²) in [6, 6.07) is 2.83. The molecule has 0 spiro atoms. The minimum absolute atomic E-state index is 0.0200. The van der Waals surface area contributed by atoms with E-state index in [4.69, 9.17) is 0 Å². The van der Waals surface area contributed by atoms with Gasteiger partial charge in [-0.15, -0.1) is 0 Å². The lowest BCUT2D eigenvalue weighted by Crippen LogP contribution is -2.51. The van der Waals surface area contributed by atoms with Crippen molar-refractivity contribution in [2.45, 2.75) is 30.8 Å². The van der Waals surface area contributed by atoms with Gasteiger partial charge in [-0.05, 0) is 47.8 Å². The van der Waals surface area contributed by atoms with Crippen LogP contribution in [0.3, 0.4) is 0 Å². The Balaban J connectivity index is 2.11. The van der Waals surface area contributed by atoms with Crippen LogP contribution >= 0.6 is 15.9 Å². The highest BCUT2D eigenvalue weighted by molar-refractivity contribution is 9.10. The number of rotatable bonds is 2. The summed E-state index contributed by atoms with van der Waals surface area (Å²) in [4.78, 5) is 11.9. The quantitative estimate of drug-likeness (QED) is 0.678. The molecular weight excluding hydrogens is 451 g/mol. The monoisotopic (exact) mass is 469 g/mol. The Labute approximate surface area is 162 Å². The van der Waals surface area contributed by atoms with Gasteiger partial charge in [-0.25, -0.2) is 13.2 Å². The summed E-state index contributed by atoms with van der Waals surface area (Å²) < 4.78 is 70.2. The average Bonchev–Trinajstić information content (AvgIpc) is 2.77. The van der Waals surface area contributed by atoms with E-state index in [1.165, 1.54) is 28.3 Å². The molecule has 0 bridgehead atoms. The van der Waals surface area contributed by atoms with Crippen molar-refractivity contribution in [3.05, 3.63) is 27.1 Å². The summed E-state index contributed by atoms with van der Waals surface area (Å²) in [5, 5.41) is 0. The molecule has 6 nitrogen and oxygen atoms in total. The molecule has 1 aliphatic heterocycles. The first-order chi connectivity index (χ1) is 12.3. The number of hydrogen-bond acceptors (Lipinski definition) is 3. The van der Waals surface area contributed by atoms with Gasteiger partial charge in [0.2, 0.25) is 10.0 Å². The third-order valence-electron chi connectivity index (χ3n) is 5.29. The topological polar surface area (TPSA) is 64.3 Å². The minimum atomic E-state index is -4.49. The Morgan fingerprint density at radius 3 is 2.26 bits per heavy atom. The molecule has 3 rings (SSSR count). The molecule has 1 aromatic heterocycles. The fraction of sp³-hybridized carbons (Fsp3) is 0.562. The van der Waals surface area contributed by atoms with E-state index in [9.17, 15) is 26.4 Å². The van der Waals surface area contributed by atoms with Crippen LogP contribution in [0.4, 0.5) is 13.2 Å². The van der Waals surface area contributed by atoms with Crippen LogP contribution in [0.1, 0.15) is 19.8 Å². The molecule has 1 aromatic carbocycles. The lowest BCUT2D eigenvalue weighted by Gasteiger charge is -2.40. The summed E-state index contributed by atoms with van der Waals surface area (Å²) in [6.45, 7) is 0.442. The third-order valence-corrected chi connectivity index (χ3v) is 8.09. The maximum Gasteiger partial charge on any atom is 0.395 e. The summed E-state index contributed by atoms with van der Waals surface area (Å²) in [5.41, 5.74) is -1.50. The van der Waals surface area contributed by atoms with Gasteiger partial charge >= 0.3 is 11.9 Å². The van der Waals surface area contributed by atoms with Crippen LogP contribution in [0.5, 0.6) is 0 Å². The molecule has 2 aromatic rings. The Hall–Kier alpha value is -1.33. The van der Waals surface area contributed by atoms with Crippen LogP contribution < -0.4 is 5.69 Å². The molecule has 11 heteroatoms. The lowest BCUT2D eigenvalue weighted by atomic mass is 9.82. The van der Waals surface area contributed by atoms with E-state index >= 15 is 0 Å². The fourth-order valence-electron chi connectivity index (χ4n) is 3.47. The van der Waals surface area contributed by atoms with E-state index in [0.717, 1.165) is 11.2 Å². The van der Waals surface area contributed by atoms with E-state index in [2.05, 4.69) is 15.9 Å². The first kappa shape index (κ1) is 20.4.